The number of nitro benzene ring substituents is 1. The minimum Gasteiger partial charge on any atom is -0.493 e. The van der Waals surface area contributed by atoms with Crippen LogP contribution < -0.4 is 9.47 Å². The third-order valence-corrected chi connectivity index (χ3v) is 4.89. The van der Waals surface area contributed by atoms with Gasteiger partial charge in [-0.05, 0) is 31.9 Å². The number of carbonyl (C=O) groups is 3. The number of nitro groups is 1. The summed E-state index contributed by atoms with van der Waals surface area (Å²) in [6.45, 7) is 2.16. The average molecular weight is 442 g/mol. The van der Waals surface area contributed by atoms with E-state index in [0.29, 0.717) is 24.0 Å². The highest BCUT2D eigenvalue weighted by molar-refractivity contribution is 6.21. The molecule has 0 spiro atoms. The molecular weight excluding hydrogens is 420 g/mol. The standard InChI is InChI=1S/C22H22N2O8/c1-3-31-19-12-16(17(24(28)29)13-18(19)30-2)22(27)32-11-7-6-10-23-20(25)14-8-4-5-9-15(14)21(23)26/h4-5,8-9,12-13H,3,6-7,10-11H2,1-2H3. The molecule has 0 bridgehead atoms. The zero-order chi connectivity index (χ0) is 23.3. The summed E-state index contributed by atoms with van der Waals surface area (Å²) in [5, 5.41) is 11.4. The lowest BCUT2D eigenvalue weighted by atomic mass is 10.1. The Morgan fingerprint density at radius 2 is 1.72 bits per heavy atom. The fraction of sp³-hybridized carbons (Fsp3) is 0.318. The largest absolute Gasteiger partial charge is 0.493 e. The maximum Gasteiger partial charge on any atom is 0.345 e. The molecule has 1 aliphatic rings. The summed E-state index contributed by atoms with van der Waals surface area (Å²) in [6, 6.07) is 8.95. The normalized spacial score (nSPS) is 12.5. The van der Waals surface area contributed by atoms with Gasteiger partial charge in [-0.3, -0.25) is 24.6 Å². The van der Waals surface area contributed by atoms with Gasteiger partial charge in [0.25, 0.3) is 17.5 Å². The van der Waals surface area contributed by atoms with Crippen LogP contribution in [-0.2, 0) is 4.74 Å². The van der Waals surface area contributed by atoms with Crippen LogP contribution in [0.1, 0.15) is 50.8 Å². The van der Waals surface area contributed by atoms with E-state index in [1.54, 1.807) is 31.2 Å². The predicted molar refractivity (Wildman–Crippen MR) is 112 cm³/mol. The van der Waals surface area contributed by atoms with E-state index in [-0.39, 0.29) is 48.6 Å². The first kappa shape index (κ1) is 22.7. The van der Waals surface area contributed by atoms with Crippen molar-refractivity contribution in [2.75, 3.05) is 26.9 Å². The number of benzene rings is 2. The summed E-state index contributed by atoms with van der Waals surface area (Å²) in [5.74, 6) is -1.24. The van der Waals surface area contributed by atoms with Crippen molar-refractivity contribution in [3.63, 3.8) is 0 Å². The van der Waals surface area contributed by atoms with Crippen LogP contribution in [0, 0.1) is 10.1 Å². The molecule has 10 nitrogen and oxygen atoms in total. The third kappa shape index (κ3) is 4.53. The molecule has 0 saturated heterocycles. The third-order valence-electron chi connectivity index (χ3n) is 4.89. The van der Waals surface area contributed by atoms with Crippen LogP contribution in [0.3, 0.4) is 0 Å². The van der Waals surface area contributed by atoms with Crippen LogP contribution in [0.5, 0.6) is 11.5 Å². The lowest BCUT2D eigenvalue weighted by Crippen LogP contribution is -2.30. The van der Waals surface area contributed by atoms with Crippen molar-refractivity contribution < 1.29 is 33.5 Å². The van der Waals surface area contributed by atoms with Crippen molar-refractivity contribution in [2.24, 2.45) is 0 Å². The van der Waals surface area contributed by atoms with Gasteiger partial charge in [0.2, 0.25) is 0 Å². The van der Waals surface area contributed by atoms with Gasteiger partial charge in [0.05, 0.1) is 42.4 Å². The van der Waals surface area contributed by atoms with Gasteiger partial charge in [-0.2, -0.15) is 0 Å². The molecule has 3 rings (SSSR count). The molecule has 2 amide bonds. The number of fused-ring (bicyclic) bond motifs is 1. The van der Waals surface area contributed by atoms with Gasteiger partial charge < -0.3 is 14.2 Å². The Morgan fingerprint density at radius 1 is 1.06 bits per heavy atom. The topological polar surface area (TPSA) is 125 Å². The Labute approximate surface area is 183 Å². The number of amides is 2. The zero-order valence-corrected chi connectivity index (χ0v) is 17.7. The molecule has 2 aromatic rings. The van der Waals surface area contributed by atoms with Gasteiger partial charge in [0.1, 0.15) is 5.56 Å². The lowest BCUT2D eigenvalue weighted by molar-refractivity contribution is -0.385. The monoisotopic (exact) mass is 442 g/mol. The Morgan fingerprint density at radius 3 is 2.28 bits per heavy atom. The molecule has 0 unspecified atom stereocenters. The van der Waals surface area contributed by atoms with E-state index in [9.17, 15) is 24.5 Å². The Kier molecular flexibility index (Phi) is 7.04. The molecule has 0 fully saturated rings. The zero-order valence-electron chi connectivity index (χ0n) is 17.7. The molecule has 1 aliphatic heterocycles. The maximum absolute atomic E-state index is 12.5. The molecule has 0 aromatic heterocycles. The Hall–Kier alpha value is -3.95. The minimum atomic E-state index is -0.874. The summed E-state index contributed by atoms with van der Waals surface area (Å²) < 4.78 is 15.6. The molecule has 0 saturated carbocycles. The number of hydrogen-bond acceptors (Lipinski definition) is 8. The van der Waals surface area contributed by atoms with Gasteiger partial charge in [0.15, 0.2) is 11.5 Å². The van der Waals surface area contributed by atoms with Crippen LogP contribution in [0.15, 0.2) is 36.4 Å². The van der Waals surface area contributed by atoms with E-state index in [4.69, 9.17) is 14.2 Å². The van der Waals surface area contributed by atoms with E-state index < -0.39 is 16.6 Å². The van der Waals surface area contributed by atoms with Crippen LogP contribution in [0.4, 0.5) is 5.69 Å². The molecule has 0 radical (unpaired) electrons. The smallest absolute Gasteiger partial charge is 0.345 e. The van der Waals surface area contributed by atoms with Crippen LogP contribution >= 0.6 is 0 Å². The van der Waals surface area contributed by atoms with Gasteiger partial charge in [-0.15, -0.1) is 0 Å². The summed E-state index contributed by atoms with van der Waals surface area (Å²) in [5.41, 5.74) is 0.0441. The van der Waals surface area contributed by atoms with Crippen molar-refractivity contribution in [1.82, 2.24) is 4.90 Å². The summed E-state index contributed by atoms with van der Waals surface area (Å²) in [7, 11) is 1.34. The second-order valence-electron chi connectivity index (χ2n) is 6.86. The minimum absolute atomic E-state index is 0.0326. The van der Waals surface area contributed by atoms with E-state index >= 15 is 0 Å². The second-order valence-corrected chi connectivity index (χ2v) is 6.86. The Balaban J connectivity index is 1.57. The quantitative estimate of drug-likeness (QED) is 0.180. The number of hydrogen-bond donors (Lipinski definition) is 0. The number of esters is 1. The highest BCUT2D eigenvalue weighted by Gasteiger charge is 2.34. The summed E-state index contributed by atoms with van der Waals surface area (Å²) in [6.07, 6.45) is 0.773. The number of imide groups is 1. The highest BCUT2D eigenvalue weighted by Crippen LogP contribution is 2.35. The van der Waals surface area contributed by atoms with E-state index in [2.05, 4.69) is 0 Å². The van der Waals surface area contributed by atoms with Crippen molar-refractivity contribution in [3.8, 4) is 11.5 Å². The second kappa shape index (κ2) is 9.90. The number of nitrogens with zero attached hydrogens (tertiary/aromatic N) is 2. The van der Waals surface area contributed by atoms with Crippen LogP contribution in [0.2, 0.25) is 0 Å². The molecule has 0 aliphatic carbocycles. The van der Waals surface area contributed by atoms with Gasteiger partial charge in [0, 0.05) is 12.6 Å². The highest BCUT2D eigenvalue weighted by atomic mass is 16.6. The molecule has 2 aromatic carbocycles. The fourth-order valence-corrected chi connectivity index (χ4v) is 3.35. The maximum atomic E-state index is 12.5. The summed E-state index contributed by atoms with van der Waals surface area (Å²) in [4.78, 5) is 49.0. The van der Waals surface area contributed by atoms with Gasteiger partial charge >= 0.3 is 5.97 Å². The van der Waals surface area contributed by atoms with Crippen molar-refractivity contribution in [2.45, 2.75) is 19.8 Å². The first-order valence-corrected chi connectivity index (χ1v) is 10.0. The predicted octanol–water partition coefficient (Wildman–Crippen LogP) is 3.24. The molecule has 0 N–H and O–H groups in total. The van der Waals surface area contributed by atoms with Crippen molar-refractivity contribution >= 4 is 23.5 Å². The van der Waals surface area contributed by atoms with Crippen molar-refractivity contribution in [3.05, 3.63) is 63.2 Å². The van der Waals surface area contributed by atoms with E-state index in [1.165, 1.54) is 13.2 Å². The molecular formula is C22H22N2O8. The van der Waals surface area contributed by atoms with Gasteiger partial charge in [-0.1, -0.05) is 12.1 Å². The molecule has 10 heteroatoms. The number of unbranched alkanes of at least 4 members (excludes halogenated alkanes) is 1. The first-order chi connectivity index (χ1) is 15.4. The summed E-state index contributed by atoms with van der Waals surface area (Å²) >= 11 is 0. The Bertz CT molecular complexity index is 1030. The number of carbonyl (C=O) groups excluding carboxylic acids is 3. The molecule has 0 atom stereocenters. The fourth-order valence-electron chi connectivity index (χ4n) is 3.35. The SMILES string of the molecule is CCOc1cc(C(=O)OCCCCN2C(=O)c3ccccc3C2=O)c([N+](=O)[O-])cc1OC. The number of methoxy groups -OCH3 is 1. The number of ether oxygens (including phenoxy) is 3. The molecule has 168 valence electrons. The lowest BCUT2D eigenvalue weighted by Gasteiger charge is -2.14. The van der Waals surface area contributed by atoms with E-state index in [1.807, 2.05) is 0 Å². The molecule has 32 heavy (non-hydrogen) atoms. The van der Waals surface area contributed by atoms with Gasteiger partial charge in [-0.25, -0.2) is 4.79 Å². The molecule has 1 heterocycles. The van der Waals surface area contributed by atoms with Crippen molar-refractivity contribution in [1.29, 1.82) is 0 Å². The average Bonchev–Trinajstić information content (AvgIpc) is 3.03. The van der Waals surface area contributed by atoms with Crippen LogP contribution in [-0.4, -0.2) is 54.5 Å². The van der Waals surface area contributed by atoms with Crippen LogP contribution in [0.25, 0.3) is 0 Å². The number of rotatable bonds is 10. The first-order valence-electron chi connectivity index (χ1n) is 10.0. The van der Waals surface area contributed by atoms with E-state index in [0.717, 1.165) is 11.0 Å².